The summed E-state index contributed by atoms with van der Waals surface area (Å²) in [7, 11) is 0. The van der Waals surface area contributed by atoms with Crippen LogP contribution in [0, 0.1) is 0 Å². The molecule has 0 aliphatic heterocycles. The molecule has 20 heavy (non-hydrogen) atoms. The van der Waals surface area contributed by atoms with Crippen LogP contribution in [0.15, 0.2) is 42.5 Å². The molecule has 2 unspecified atom stereocenters. The number of benzene rings is 1. The maximum Gasteiger partial charge on any atom is 0.186 e. The Morgan fingerprint density at radius 3 is 2.50 bits per heavy atom. The van der Waals surface area contributed by atoms with Gasteiger partial charge in [-0.3, -0.25) is 4.79 Å². The monoisotopic (exact) mass is 276 g/mol. The Balaban J connectivity index is 2.32. The summed E-state index contributed by atoms with van der Waals surface area (Å²) in [5.41, 5.74) is 0.547. The molecule has 3 nitrogen and oxygen atoms in total. The van der Waals surface area contributed by atoms with Gasteiger partial charge in [-0.2, -0.15) is 0 Å². The first kappa shape index (κ1) is 16.4. The standard InChI is InChI=1S/C17H24O3/c1-5-16(17(18)13(2)3)19-12-11-14(4)20-15-9-7-6-8-10-15/h6-10,14,16H,2,5,11-12H2,1,3-4H3. The molecule has 1 aromatic rings. The van der Waals surface area contributed by atoms with E-state index in [0.29, 0.717) is 18.6 Å². The molecule has 0 fully saturated rings. The van der Waals surface area contributed by atoms with E-state index < -0.39 is 0 Å². The number of hydrogen-bond donors (Lipinski definition) is 0. The number of Topliss-reactive ketones (excluding diaryl/α,β-unsaturated/α-hetero) is 1. The number of ketones is 1. The molecule has 0 bridgehead atoms. The third kappa shape index (κ3) is 5.57. The van der Waals surface area contributed by atoms with Gasteiger partial charge in [-0.1, -0.05) is 31.7 Å². The smallest absolute Gasteiger partial charge is 0.186 e. The van der Waals surface area contributed by atoms with Gasteiger partial charge in [-0.05, 0) is 38.0 Å². The molecule has 0 amide bonds. The van der Waals surface area contributed by atoms with Crippen molar-refractivity contribution in [3.8, 4) is 5.75 Å². The molecule has 110 valence electrons. The van der Waals surface area contributed by atoms with Crippen LogP contribution in [-0.4, -0.2) is 24.6 Å². The van der Waals surface area contributed by atoms with E-state index in [9.17, 15) is 4.79 Å². The minimum absolute atomic E-state index is 0.0101. The molecule has 0 saturated carbocycles. The maximum absolute atomic E-state index is 11.8. The Bertz CT molecular complexity index is 425. The van der Waals surface area contributed by atoms with Gasteiger partial charge in [0.1, 0.15) is 11.9 Å². The summed E-state index contributed by atoms with van der Waals surface area (Å²) >= 11 is 0. The van der Waals surface area contributed by atoms with Gasteiger partial charge in [0.25, 0.3) is 0 Å². The van der Waals surface area contributed by atoms with Gasteiger partial charge in [-0.25, -0.2) is 0 Å². The van der Waals surface area contributed by atoms with Crippen molar-refractivity contribution in [3.63, 3.8) is 0 Å². The molecule has 1 rings (SSSR count). The predicted octanol–water partition coefficient (Wildman–Crippen LogP) is 3.78. The fourth-order valence-corrected chi connectivity index (χ4v) is 1.82. The van der Waals surface area contributed by atoms with Gasteiger partial charge >= 0.3 is 0 Å². The summed E-state index contributed by atoms with van der Waals surface area (Å²) < 4.78 is 11.4. The van der Waals surface area contributed by atoms with Crippen LogP contribution in [0.4, 0.5) is 0 Å². The number of carbonyl (C=O) groups is 1. The van der Waals surface area contributed by atoms with Gasteiger partial charge in [-0.15, -0.1) is 0 Å². The Labute approximate surface area is 121 Å². The average Bonchev–Trinajstić information content (AvgIpc) is 2.44. The lowest BCUT2D eigenvalue weighted by molar-refractivity contribution is -0.127. The molecular weight excluding hydrogens is 252 g/mol. The van der Waals surface area contributed by atoms with Crippen LogP contribution in [0.5, 0.6) is 5.75 Å². The molecule has 0 N–H and O–H groups in total. The Kier molecular flexibility index (Phi) is 7.02. The molecule has 0 aliphatic carbocycles. The average molecular weight is 276 g/mol. The first-order chi connectivity index (χ1) is 9.54. The van der Waals surface area contributed by atoms with Crippen LogP contribution in [0.2, 0.25) is 0 Å². The van der Waals surface area contributed by atoms with Crippen LogP contribution < -0.4 is 4.74 Å². The van der Waals surface area contributed by atoms with Crippen molar-refractivity contribution >= 4 is 5.78 Å². The normalized spacial score (nSPS) is 13.6. The lowest BCUT2D eigenvalue weighted by atomic mass is 10.1. The molecule has 0 aliphatic rings. The third-order valence-corrected chi connectivity index (χ3v) is 3.01. The molecule has 0 saturated heterocycles. The number of carbonyl (C=O) groups excluding carboxylic acids is 1. The largest absolute Gasteiger partial charge is 0.491 e. The second-order valence-electron chi connectivity index (χ2n) is 4.94. The first-order valence-electron chi connectivity index (χ1n) is 7.07. The number of ether oxygens (including phenoxy) is 2. The van der Waals surface area contributed by atoms with E-state index >= 15 is 0 Å². The molecule has 0 heterocycles. The van der Waals surface area contributed by atoms with Crippen molar-refractivity contribution in [2.75, 3.05) is 6.61 Å². The molecule has 2 atom stereocenters. The summed E-state index contributed by atoms with van der Waals surface area (Å²) in [6.07, 6.45) is 1.08. The predicted molar refractivity (Wildman–Crippen MR) is 81.0 cm³/mol. The number of para-hydroxylation sites is 1. The van der Waals surface area contributed by atoms with Crippen molar-refractivity contribution in [2.24, 2.45) is 0 Å². The highest BCUT2D eigenvalue weighted by atomic mass is 16.5. The lowest BCUT2D eigenvalue weighted by Gasteiger charge is -2.18. The highest BCUT2D eigenvalue weighted by Gasteiger charge is 2.17. The van der Waals surface area contributed by atoms with Crippen LogP contribution in [-0.2, 0) is 9.53 Å². The first-order valence-corrected chi connectivity index (χ1v) is 7.07. The van der Waals surface area contributed by atoms with Crippen molar-refractivity contribution in [1.29, 1.82) is 0 Å². The Morgan fingerprint density at radius 2 is 1.95 bits per heavy atom. The summed E-state index contributed by atoms with van der Waals surface area (Å²) in [4.78, 5) is 11.8. The van der Waals surface area contributed by atoms with Crippen molar-refractivity contribution in [3.05, 3.63) is 42.5 Å². The van der Waals surface area contributed by atoms with E-state index in [2.05, 4.69) is 6.58 Å². The maximum atomic E-state index is 11.8. The quantitative estimate of drug-likeness (QED) is 0.644. The molecule has 3 heteroatoms. The number of hydrogen-bond acceptors (Lipinski definition) is 3. The second-order valence-corrected chi connectivity index (χ2v) is 4.94. The van der Waals surface area contributed by atoms with E-state index in [0.717, 1.165) is 12.2 Å². The van der Waals surface area contributed by atoms with Crippen molar-refractivity contribution < 1.29 is 14.3 Å². The van der Waals surface area contributed by atoms with E-state index in [1.807, 2.05) is 44.2 Å². The fourth-order valence-electron chi connectivity index (χ4n) is 1.82. The summed E-state index contributed by atoms with van der Waals surface area (Å²) in [6.45, 7) is 9.83. The summed E-state index contributed by atoms with van der Waals surface area (Å²) in [5, 5.41) is 0. The summed E-state index contributed by atoms with van der Waals surface area (Å²) in [5.74, 6) is 0.842. The molecule has 1 aromatic carbocycles. The van der Waals surface area contributed by atoms with Gasteiger partial charge in [0.15, 0.2) is 5.78 Å². The van der Waals surface area contributed by atoms with Crippen LogP contribution >= 0.6 is 0 Å². The van der Waals surface area contributed by atoms with E-state index in [1.165, 1.54) is 0 Å². The van der Waals surface area contributed by atoms with Crippen molar-refractivity contribution in [1.82, 2.24) is 0 Å². The van der Waals surface area contributed by atoms with Gasteiger partial charge in [0.05, 0.1) is 12.7 Å². The molecule has 0 radical (unpaired) electrons. The summed E-state index contributed by atoms with van der Waals surface area (Å²) in [6, 6.07) is 9.69. The topological polar surface area (TPSA) is 35.5 Å². The number of rotatable bonds is 9. The van der Waals surface area contributed by atoms with Gasteiger partial charge in [0, 0.05) is 6.42 Å². The third-order valence-electron chi connectivity index (χ3n) is 3.01. The van der Waals surface area contributed by atoms with Crippen molar-refractivity contribution in [2.45, 2.75) is 45.8 Å². The minimum atomic E-state index is -0.378. The fraction of sp³-hybridized carbons (Fsp3) is 0.471. The van der Waals surface area contributed by atoms with Gasteiger partial charge in [0.2, 0.25) is 0 Å². The van der Waals surface area contributed by atoms with E-state index in [1.54, 1.807) is 6.92 Å². The molecular formula is C17H24O3. The zero-order chi connectivity index (χ0) is 15.0. The highest BCUT2D eigenvalue weighted by molar-refractivity contribution is 5.97. The zero-order valence-corrected chi connectivity index (χ0v) is 12.6. The van der Waals surface area contributed by atoms with Crippen LogP contribution in [0.3, 0.4) is 0 Å². The Morgan fingerprint density at radius 1 is 1.30 bits per heavy atom. The van der Waals surface area contributed by atoms with E-state index in [4.69, 9.17) is 9.47 Å². The van der Waals surface area contributed by atoms with Crippen LogP contribution in [0.25, 0.3) is 0 Å². The molecule has 0 aromatic heterocycles. The minimum Gasteiger partial charge on any atom is -0.491 e. The lowest BCUT2D eigenvalue weighted by Crippen LogP contribution is -2.26. The van der Waals surface area contributed by atoms with Crippen LogP contribution in [0.1, 0.15) is 33.6 Å². The van der Waals surface area contributed by atoms with Gasteiger partial charge < -0.3 is 9.47 Å². The SMILES string of the molecule is C=C(C)C(=O)C(CC)OCCC(C)Oc1ccccc1. The Hall–Kier alpha value is -1.61. The molecule has 0 spiro atoms. The zero-order valence-electron chi connectivity index (χ0n) is 12.6. The highest BCUT2D eigenvalue weighted by Crippen LogP contribution is 2.13. The van der Waals surface area contributed by atoms with E-state index in [-0.39, 0.29) is 18.0 Å². The second kappa shape index (κ2) is 8.54.